The topological polar surface area (TPSA) is 47.6 Å². The van der Waals surface area contributed by atoms with Crippen LogP contribution in [0.15, 0.2) is 29.5 Å². The lowest BCUT2D eigenvalue weighted by Gasteiger charge is -2.14. The molecule has 4 heteroatoms. The quantitative estimate of drug-likeness (QED) is 0.869. The highest BCUT2D eigenvalue weighted by atomic mass is 16.5. The largest absolute Gasteiger partial charge is 0.493 e. The van der Waals surface area contributed by atoms with Gasteiger partial charge in [0, 0.05) is 29.4 Å². The van der Waals surface area contributed by atoms with Crippen molar-refractivity contribution in [3.05, 3.63) is 29.5 Å². The van der Waals surface area contributed by atoms with Crippen LogP contribution in [0.5, 0.6) is 11.5 Å². The van der Waals surface area contributed by atoms with Gasteiger partial charge in [-0.3, -0.25) is 4.79 Å². The van der Waals surface area contributed by atoms with Gasteiger partial charge >= 0.3 is 0 Å². The summed E-state index contributed by atoms with van der Waals surface area (Å²) in [4.78, 5) is 11.6. The minimum absolute atomic E-state index is 0.233. The average molecular weight is 287 g/mol. The fraction of sp³-hybridized carbons (Fsp3) is 0.471. The Balaban J connectivity index is 1.75. The maximum absolute atomic E-state index is 11.6. The normalized spacial score (nSPS) is 18.1. The first-order chi connectivity index (χ1) is 10.2. The van der Waals surface area contributed by atoms with E-state index >= 15 is 0 Å². The molecule has 21 heavy (non-hydrogen) atoms. The van der Waals surface area contributed by atoms with Gasteiger partial charge < -0.3 is 14.8 Å². The minimum atomic E-state index is 0.233. The maximum Gasteiger partial charge on any atom is 0.163 e. The van der Waals surface area contributed by atoms with Gasteiger partial charge in [0.2, 0.25) is 0 Å². The first kappa shape index (κ1) is 14.0. The van der Waals surface area contributed by atoms with E-state index in [0.717, 1.165) is 41.5 Å². The van der Waals surface area contributed by atoms with Crippen molar-refractivity contribution < 1.29 is 14.3 Å². The van der Waals surface area contributed by atoms with Crippen molar-refractivity contribution in [2.24, 2.45) is 5.92 Å². The minimum Gasteiger partial charge on any atom is -0.493 e. The van der Waals surface area contributed by atoms with Gasteiger partial charge in [0.15, 0.2) is 17.3 Å². The summed E-state index contributed by atoms with van der Waals surface area (Å²) in [6.07, 6.45) is 3.91. The molecule has 1 N–H and O–H groups in total. The molecule has 0 amide bonds. The van der Waals surface area contributed by atoms with Crippen molar-refractivity contribution in [2.45, 2.75) is 32.6 Å². The highest BCUT2D eigenvalue weighted by molar-refractivity contribution is 5.98. The Morgan fingerprint density at radius 1 is 1.24 bits per heavy atom. The van der Waals surface area contributed by atoms with Crippen molar-refractivity contribution >= 4 is 11.5 Å². The predicted molar refractivity (Wildman–Crippen MR) is 81.8 cm³/mol. The van der Waals surface area contributed by atoms with Crippen LogP contribution in [-0.4, -0.2) is 19.5 Å². The van der Waals surface area contributed by atoms with E-state index in [2.05, 4.69) is 5.32 Å². The summed E-state index contributed by atoms with van der Waals surface area (Å²) in [5, 5.41) is 3.34. The number of ether oxygens (including phenoxy) is 2. The molecule has 0 aromatic heterocycles. The summed E-state index contributed by atoms with van der Waals surface area (Å²) >= 11 is 0. The monoisotopic (exact) mass is 287 g/mol. The average Bonchev–Trinajstić information content (AvgIpc) is 3.27. The summed E-state index contributed by atoms with van der Waals surface area (Å²) in [5.41, 5.74) is 2.79. The Bertz CT molecular complexity index is 588. The number of allylic oxidation sites excluding steroid dienone is 2. The number of anilines is 1. The third-order valence-electron chi connectivity index (χ3n) is 4.10. The zero-order chi connectivity index (χ0) is 14.8. The number of hydrogen-bond donors (Lipinski definition) is 1. The summed E-state index contributed by atoms with van der Waals surface area (Å²) in [5.74, 6) is 2.44. The highest BCUT2D eigenvalue weighted by Gasteiger charge is 2.23. The number of carbonyl (C=O) groups is 1. The SMILES string of the molecule is COc1ccc(NC2=C(C)C(=O)CC2)cc1OCC1CC1. The number of carbonyl (C=O) groups excluding carboxylic acids is 1. The molecule has 0 saturated heterocycles. The molecule has 1 aromatic carbocycles. The van der Waals surface area contributed by atoms with Crippen LogP contribution in [0.1, 0.15) is 32.6 Å². The zero-order valence-corrected chi connectivity index (χ0v) is 12.6. The molecule has 0 bridgehead atoms. The van der Waals surface area contributed by atoms with Gasteiger partial charge in [0.25, 0.3) is 0 Å². The van der Waals surface area contributed by atoms with Gasteiger partial charge in [-0.05, 0) is 44.2 Å². The second-order valence-electron chi connectivity index (χ2n) is 5.77. The number of Topliss-reactive ketones (excluding diaryl/α,β-unsaturated/α-hetero) is 1. The van der Waals surface area contributed by atoms with Crippen LogP contribution in [0, 0.1) is 5.92 Å². The van der Waals surface area contributed by atoms with Gasteiger partial charge in [-0.15, -0.1) is 0 Å². The molecule has 0 aliphatic heterocycles. The third-order valence-corrected chi connectivity index (χ3v) is 4.10. The predicted octanol–water partition coefficient (Wildman–Crippen LogP) is 3.53. The van der Waals surface area contributed by atoms with Crippen molar-refractivity contribution in [3.8, 4) is 11.5 Å². The summed E-state index contributed by atoms with van der Waals surface area (Å²) in [6, 6.07) is 5.80. The fourth-order valence-electron chi connectivity index (χ4n) is 2.47. The molecule has 112 valence electrons. The van der Waals surface area contributed by atoms with E-state index in [1.54, 1.807) is 7.11 Å². The van der Waals surface area contributed by atoms with E-state index in [1.165, 1.54) is 12.8 Å². The molecule has 0 heterocycles. The van der Waals surface area contributed by atoms with Gasteiger partial charge in [-0.25, -0.2) is 0 Å². The smallest absolute Gasteiger partial charge is 0.163 e. The molecule has 0 radical (unpaired) electrons. The van der Waals surface area contributed by atoms with Gasteiger partial charge in [-0.1, -0.05) is 0 Å². The number of benzene rings is 1. The van der Waals surface area contributed by atoms with Crippen LogP contribution >= 0.6 is 0 Å². The number of ketones is 1. The molecule has 0 atom stereocenters. The van der Waals surface area contributed by atoms with Gasteiger partial charge in [0.1, 0.15) is 0 Å². The van der Waals surface area contributed by atoms with Crippen LogP contribution in [0.3, 0.4) is 0 Å². The molecule has 1 saturated carbocycles. The molecule has 2 aliphatic carbocycles. The van der Waals surface area contributed by atoms with E-state index in [4.69, 9.17) is 9.47 Å². The van der Waals surface area contributed by atoms with E-state index in [0.29, 0.717) is 12.3 Å². The van der Waals surface area contributed by atoms with Gasteiger partial charge in [0.05, 0.1) is 13.7 Å². The Morgan fingerprint density at radius 3 is 2.67 bits per heavy atom. The molecule has 0 spiro atoms. The number of methoxy groups -OCH3 is 1. The van der Waals surface area contributed by atoms with Crippen molar-refractivity contribution in [1.29, 1.82) is 0 Å². The molecule has 0 unspecified atom stereocenters. The number of rotatable bonds is 6. The summed E-state index contributed by atoms with van der Waals surface area (Å²) in [7, 11) is 1.65. The lowest BCUT2D eigenvalue weighted by molar-refractivity contribution is -0.114. The molecule has 3 rings (SSSR count). The lowest BCUT2D eigenvalue weighted by atomic mass is 10.2. The van der Waals surface area contributed by atoms with Crippen molar-refractivity contribution in [1.82, 2.24) is 0 Å². The Hall–Kier alpha value is -1.97. The first-order valence-corrected chi connectivity index (χ1v) is 7.48. The second-order valence-corrected chi connectivity index (χ2v) is 5.77. The van der Waals surface area contributed by atoms with E-state index < -0.39 is 0 Å². The van der Waals surface area contributed by atoms with Crippen LogP contribution in [0.2, 0.25) is 0 Å². The molecule has 1 fully saturated rings. The molecule has 4 nitrogen and oxygen atoms in total. The number of hydrogen-bond acceptors (Lipinski definition) is 4. The third kappa shape index (κ3) is 3.20. The summed E-state index contributed by atoms with van der Waals surface area (Å²) < 4.78 is 11.2. The summed E-state index contributed by atoms with van der Waals surface area (Å²) in [6.45, 7) is 2.63. The van der Waals surface area contributed by atoms with E-state index in [1.807, 2.05) is 25.1 Å². The van der Waals surface area contributed by atoms with E-state index in [-0.39, 0.29) is 5.78 Å². The lowest BCUT2D eigenvalue weighted by Crippen LogP contribution is -2.03. The van der Waals surface area contributed by atoms with E-state index in [9.17, 15) is 4.79 Å². The van der Waals surface area contributed by atoms with Crippen LogP contribution < -0.4 is 14.8 Å². The second kappa shape index (κ2) is 5.80. The van der Waals surface area contributed by atoms with Crippen molar-refractivity contribution in [2.75, 3.05) is 19.0 Å². The Labute approximate surface area is 125 Å². The first-order valence-electron chi connectivity index (χ1n) is 7.48. The fourth-order valence-corrected chi connectivity index (χ4v) is 2.47. The van der Waals surface area contributed by atoms with Gasteiger partial charge in [-0.2, -0.15) is 0 Å². The van der Waals surface area contributed by atoms with Crippen molar-refractivity contribution in [3.63, 3.8) is 0 Å². The molecular formula is C17H21NO3. The Kier molecular flexibility index (Phi) is 3.86. The highest BCUT2D eigenvalue weighted by Crippen LogP contribution is 2.35. The Morgan fingerprint density at radius 2 is 2.05 bits per heavy atom. The van der Waals surface area contributed by atoms with Crippen LogP contribution in [0.25, 0.3) is 0 Å². The zero-order valence-electron chi connectivity index (χ0n) is 12.6. The molecule has 1 aromatic rings. The maximum atomic E-state index is 11.6. The molecular weight excluding hydrogens is 266 g/mol. The van der Waals surface area contributed by atoms with Crippen LogP contribution in [0.4, 0.5) is 5.69 Å². The standard InChI is InChI=1S/C17H21NO3/c1-11-14(6-7-15(11)19)18-13-5-8-16(20-2)17(9-13)21-10-12-3-4-12/h5,8-9,12,18H,3-4,6-7,10H2,1-2H3. The van der Waals surface area contributed by atoms with Crippen LogP contribution in [-0.2, 0) is 4.79 Å². The number of nitrogens with one attached hydrogen (secondary N) is 1. The molecule has 2 aliphatic rings.